The predicted molar refractivity (Wildman–Crippen MR) is 43.1 cm³/mol. The van der Waals surface area contributed by atoms with Gasteiger partial charge in [-0.3, -0.25) is 4.90 Å². The summed E-state index contributed by atoms with van der Waals surface area (Å²) in [5.74, 6) is 0. The summed E-state index contributed by atoms with van der Waals surface area (Å²) >= 11 is 0. The van der Waals surface area contributed by atoms with Crippen LogP contribution in [0.1, 0.15) is 19.3 Å². The first kappa shape index (κ1) is 7.53. The number of rotatable bonds is 0. The molecule has 3 heteroatoms. The maximum absolute atomic E-state index is 5.81. The summed E-state index contributed by atoms with van der Waals surface area (Å²) in [5, 5.41) is 0. The van der Waals surface area contributed by atoms with Crippen molar-refractivity contribution in [3.05, 3.63) is 0 Å². The molecule has 2 aliphatic rings. The lowest BCUT2D eigenvalue weighted by atomic mass is 9.94. The van der Waals surface area contributed by atoms with Crippen LogP contribution in [0.2, 0.25) is 0 Å². The fraction of sp³-hybridized carbons (Fsp3) is 1.00. The quantitative estimate of drug-likeness (QED) is 0.542. The predicted octanol–water partition coefficient (Wildman–Crippen LogP) is 0.154. The van der Waals surface area contributed by atoms with Crippen molar-refractivity contribution < 1.29 is 4.74 Å². The lowest BCUT2D eigenvalue weighted by molar-refractivity contribution is -0.110. The van der Waals surface area contributed by atoms with Crippen LogP contribution in [0, 0.1) is 0 Å². The molecular weight excluding hydrogens is 140 g/mol. The van der Waals surface area contributed by atoms with Gasteiger partial charge in [-0.05, 0) is 19.9 Å². The van der Waals surface area contributed by atoms with E-state index in [-0.39, 0.29) is 6.23 Å². The second-order valence-corrected chi connectivity index (χ2v) is 3.62. The maximum atomic E-state index is 5.81. The summed E-state index contributed by atoms with van der Waals surface area (Å²) in [4.78, 5) is 2.39. The Labute approximate surface area is 67.5 Å². The minimum absolute atomic E-state index is 0.0449. The van der Waals surface area contributed by atoms with Gasteiger partial charge in [0, 0.05) is 12.1 Å². The van der Waals surface area contributed by atoms with E-state index in [4.69, 9.17) is 10.5 Å². The Bertz CT molecular complexity index is 151. The summed E-state index contributed by atoms with van der Waals surface area (Å²) in [6.45, 7) is 0.828. The Balaban J connectivity index is 2.09. The molecule has 0 spiro atoms. The first-order chi connectivity index (χ1) is 5.29. The fourth-order valence-electron chi connectivity index (χ4n) is 2.17. The van der Waals surface area contributed by atoms with E-state index in [2.05, 4.69) is 11.9 Å². The molecule has 3 nitrogen and oxygen atoms in total. The van der Waals surface area contributed by atoms with Crippen LogP contribution in [0.5, 0.6) is 0 Å². The highest BCUT2D eigenvalue weighted by atomic mass is 16.5. The highest BCUT2D eigenvalue weighted by Crippen LogP contribution is 2.27. The fourth-order valence-corrected chi connectivity index (χ4v) is 2.17. The van der Waals surface area contributed by atoms with Gasteiger partial charge in [0.15, 0.2) is 0 Å². The summed E-state index contributed by atoms with van der Waals surface area (Å²) in [7, 11) is 2.16. The van der Waals surface area contributed by atoms with Crippen LogP contribution < -0.4 is 5.73 Å². The molecule has 3 atom stereocenters. The molecule has 11 heavy (non-hydrogen) atoms. The van der Waals surface area contributed by atoms with Crippen LogP contribution in [0.4, 0.5) is 0 Å². The van der Waals surface area contributed by atoms with Gasteiger partial charge in [0.1, 0.15) is 6.23 Å². The SMILES string of the molecule is CN1C2CCCC1C(N)OC2. The molecule has 2 rings (SSSR count). The molecule has 2 N–H and O–H groups in total. The second-order valence-electron chi connectivity index (χ2n) is 3.62. The highest BCUT2D eigenvalue weighted by molar-refractivity contribution is 4.89. The van der Waals surface area contributed by atoms with Gasteiger partial charge in [0.2, 0.25) is 0 Å². The molecule has 64 valence electrons. The smallest absolute Gasteiger partial charge is 0.121 e. The molecule has 0 radical (unpaired) electrons. The van der Waals surface area contributed by atoms with Crippen molar-refractivity contribution in [1.82, 2.24) is 4.90 Å². The normalized spacial score (nSPS) is 45.8. The van der Waals surface area contributed by atoms with Crippen LogP contribution in [-0.2, 0) is 4.74 Å². The third-order valence-corrected chi connectivity index (χ3v) is 3.00. The topological polar surface area (TPSA) is 38.5 Å². The minimum Gasteiger partial charge on any atom is -0.360 e. The molecule has 0 aromatic rings. The zero-order valence-corrected chi connectivity index (χ0v) is 6.99. The number of fused-ring (bicyclic) bond motifs is 2. The Morgan fingerprint density at radius 2 is 2.27 bits per heavy atom. The molecule has 0 saturated carbocycles. The number of piperidine rings is 1. The summed E-state index contributed by atoms with van der Waals surface area (Å²) in [6.07, 6.45) is 3.75. The van der Waals surface area contributed by atoms with Crippen molar-refractivity contribution in [1.29, 1.82) is 0 Å². The summed E-state index contributed by atoms with van der Waals surface area (Å²) < 4.78 is 5.45. The van der Waals surface area contributed by atoms with Crippen molar-refractivity contribution >= 4 is 0 Å². The number of nitrogens with zero attached hydrogens (tertiary/aromatic N) is 1. The molecular formula is C8H16N2O. The number of ether oxygens (including phenoxy) is 1. The molecule has 2 aliphatic heterocycles. The number of hydrogen-bond donors (Lipinski definition) is 1. The van der Waals surface area contributed by atoms with Crippen molar-refractivity contribution in [2.45, 2.75) is 37.6 Å². The first-order valence-electron chi connectivity index (χ1n) is 4.38. The zero-order valence-electron chi connectivity index (χ0n) is 6.99. The van der Waals surface area contributed by atoms with Crippen LogP contribution in [-0.4, -0.2) is 36.9 Å². The van der Waals surface area contributed by atoms with E-state index in [0.717, 1.165) is 6.61 Å². The van der Waals surface area contributed by atoms with E-state index >= 15 is 0 Å². The summed E-state index contributed by atoms with van der Waals surface area (Å²) in [5.41, 5.74) is 5.81. The van der Waals surface area contributed by atoms with Gasteiger partial charge in [0.25, 0.3) is 0 Å². The van der Waals surface area contributed by atoms with Crippen LogP contribution in [0.25, 0.3) is 0 Å². The van der Waals surface area contributed by atoms with Gasteiger partial charge < -0.3 is 10.5 Å². The largest absolute Gasteiger partial charge is 0.360 e. The molecule has 2 bridgehead atoms. The molecule has 2 saturated heterocycles. The first-order valence-corrected chi connectivity index (χ1v) is 4.38. The van der Waals surface area contributed by atoms with Gasteiger partial charge in [-0.15, -0.1) is 0 Å². The molecule has 2 heterocycles. The van der Waals surface area contributed by atoms with Crippen molar-refractivity contribution in [3.8, 4) is 0 Å². The number of likely N-dealkylation sites (N-methyl/N-ethyl adjacent to an activating group) is 1. The van der Waals surface area contributed by atoms with E-state index in [1.165, 1.54) is 19.3 Å². The van der Waals surface area contributed by atoms with Crippen LogP contribution >= 0.6 is 0 Å². The van der Waals surface area contributed by atoms with Gasteiger partial charge in [-0.2, -0.15) is 0 Å². The van der Waals surface area contributed by atoms with E-state index in [1.54, 1.807) is 0 Å². The molecule has 0 amide bonds. The molecule has 2 fully saturated rings. The molecule has 0 aliphatic carbocycles. The van der Waals surface area contributed by atoms with E-state index in [1.807, 2.05) is 0 Å². The van der Waals surface area contributed by atoms with E-state index in [9.17, 15) is 0 Å². The van der Waals surface area contributed by atoms with Crippen LogP contribution in [0.15, 0.2) is 0 Å². The zero-order chi connectivity index (χ0) is 7.84. The number of hydrogen-bond acceptors (Lipinski definition) is 3. The standard InChI is InChI=1S/C8H16N2O/c1-10-6-3-2-4-7(10)8(9)11-5-6/h6-8H,2-5,9H2,1H3. The monoisotopic (exact) mass is 156 g/mol. The van der Waals surface area contributed by atoms with Crippen molar-refractivity contribution in [2.24, 2.45) is 5.73 Å². The van der Waals surface area contributed by atoms with E-state index in [0.29, 0.717) is 12.1 Å². The Morgan fingerprint density at radius 1 is 1.45 bits per heavy atom. The minimum atomic E-state index is -0.0449. The van der Waals surface area contributed by atoms with Crippen LogP contribution in [0.3, 0.4) is 0 Å². The maximum Gasteiger partial charge on any atom is 0.121 e. The average molecular weight is 156 g/mol. The lowest BCUT2D eigenvalue weighted by Gasteiger charge is -2.46. The molecule has 3 unspecified atom stereocenters. The summed E-state index contributed by atoms with van der Waals surface area (Å²) in [6, 6.07) is 1.11. The number of nitrogens with two attached hydrogens (primary N) is 1. The van der Waals surface area contributed by atoms with Crippen molar-refractivity contribution in [2.75, 3.05) is 13.7 Å². The number of morpholine rings is 1. The van der Waals surface area contributed by atoms with Gasteiger partial charge >= 0.3 is 0 Å². The van der Waals surface area contributed by atoms with Gasteiger partial charge in [0.05, 0.1) is 6.61 Å². The van der Waals surface area contributed by atoms with Crippen molar-refractivity contribution in [3.63, 3.8) is 0 Å². The highest BCUT2D eigenvalue weighted by Gasteiger charge is 2.36. The molecule has 0 aromatic heterocycles. The Kier molecular flexibility index (Phi) is 1.87. The third-order valence-electron chi connectivity index (χ3n) is 3.00. The van der Waals surface area contributed by atoms with Gasteiger partial charge in [-0.25, -0.2) is 0 Å². The van der Waals surface area contributed by atoms with Gasteiger partial charge in [-0.1, -0.05) is 6.42 Å². The third kappa shape index (κ3) is 1.17. The van der Waals surface area contributed by atoms with E-state index < -0.39 is 0 Å². The lowest BCUT2D eigenvalue weighted by Crippen LogP contribution is -2.60. The average Bonchev–Trinajstić information content (AvgIpc) is 1.98. The Hall–Kier alpha value is -0.120. The second kappa shape index (κ2) is 2.73. The molecule has 0 aromatic carbocycles. The Morgan fingerprint density at radius 3 is 3.00 bits per heavy atom.